The van der Waals surface area contributed by atoms with Crippen LogP contribution in [0.3, 0.4) is 0 Å². The number of hydrogen-bond donors (Lipinski definition) is 4. The number of rotatable bonds is 52. The van der Waals surface area contributed by atoms with Gasteiger partial charge in [0.05, 0.1) is 31.3 Å². The number of aliphatic hydroxyl groups excluding tert-OH is 3. The minimum atomic E-state index is -0.952. The first-order valence-corrected chi connectivity index (χ1v) is 28.3. The largest absolute Gasteiger partial charge is 0.394 e. The molecule has 372 valence electrons. The Morgan fingerprint density at radius 2 is 0.683 bits per heavy atom. The van der Waals surface area contributed by atoms with Gasteiger partial charge in [-0.3, -0.25) is 4.79 Å². The van der Waals surface area contributed by atoms with E-state index in [0.717, 1.165) is 32.1 Å². The summed E-state index contributed by atoms with van der Waals surface area (Å²) in [6.45, 7) is 4.23. The van der Waals surface area contributed by atoms with Crippen molar-refractivity contribution in [2.24, 2.45) is 0 Å². The molecule has 5 nitrogen and oxygen atoms in total. The lowest BCUT2D eigenvalue weighted by atomic mass is 10.0. The second kappa shape index (κ2) is 53.2. The number of unbranched alkanes of at least 4 members (excludes halogenated alkanes) is 39. The Hall–Kier alpha value is -1.43. The maximum atomic E-state index is 12.5. The van der Waals surface area contributed by atoms with Gasteiger partial charge in [-0.05, 0) is 57.8 Å². The Labute approximate surface area is 394 Å². The molecule has 0 radical (unpaired) electrons. The number of allylic oxidation sites excluding steroid dienone is 5. The highest BCUT2D eigenvalue weighted by Gasteiger charge is 2.20. The lowest BCUT2D eigenvalue weighted by Gasteiger charge is -2.21. The van der Waals surface area contributed by atoms with Gasteiger partial charge in [-0.1, -0.05) is 275 Å². The number of carbonyl (C=O) groups excluding carboxylic acids is 1. The van der Waals surface area contributed by atoms with Gasteiger partial charge in [0.1, 0.15) is 0 Å². The molecule has 0 bridgehead atoms. The van der Waals surface area contributed by atoms with E-state index in [9.17, 15) is 20.1 Å². The predicted molar refractivity (Wildman–Crippen MR) is 278 cm³/mol. The standard InChI is InChI=1S/C58H111NO4/c1-3-5-7-9-11-13-15-17-19-21-23-25-26-27-28-29-30-32-33-35-37-39-41-43-45-47-49-51-55(61)53-58(63)59-56(54-60)57(62)52-50-48-46-44-42-40-38-36-34-31-24-22-20-18-16-14-12-10-8-6-4-2/h27-28,42,44,50,52,55-57,60-62H,3-26,29-41,43,45-49,51,53-54H2,1-2H3,(H,59,63)/b28-27-,44-42+,52-50+. The minimum Gasteiger partial charge on any atom is -0.394 e. The van der Waals surface area contributed by atoms with E-state index in [1.165, 1.54) is 244 Å². The molecule has 0 aromatic rings. The highest BCUT2D eigenvalue weighted by Crippen LogP contribution is 2.17. The molecule has 0 heterocycles. The third-order valence-electron chi connectivity index (χ3n) is 13.1. The number of amides is 1. The lowest BCUT2D eigenvalue weighted by molar-refractivity contribution is -0.124. The molecule has 63 heavy (non-hydrogen) atoms. The van der Waals surface area contributed by atoms with E-state index in [4.69, 9.17) is 0 Å². The summed E-state index contributed by atoms with van der Waals surface area (Å²) < 4.78 is 0. The molecule has 4 N–H and O–H groups in total. The van der Waals surface area contributed by atoms with Crippen molar-refractivity contribution < 1.29 is 20.1 Å². The number of carbonyl (C=O) groups is 1. The Kier molecular flexibility index (Phi) is 52.0. The van der Waals surface area contributed by atoms with Gasteiger partial charge in [-0.2, -0.15) is 0 Å². The first kappa shape index (κ1) is 61.6. The van der Waals surface area contributed by atoms with Crippen molar-refractivity contribution in [1.82, 2.24) is 5.32 Å². The van der Waals surface area contributed by atoms with E-state index < -0.39 is 18.2 Å². The Bertz CT molecular complexity index is 978. The predicted octanol–water partition coefficient (Wildman–Crippen LogP) is 17.4. The summed E-state index contributed by atoms with van der Waals surface area (Å²) >= 11 is 0. The Morgan fingerprint density at radius 1 is 0.397 bits per heavy atom. The van der Waals surface area contributed by atoms with Crippen LogP contribution in [0.1, 0.15) is 303 Å². The summed E-state index contributed by atoms with van der Waals surface area (Å²) in [7, 11) is 0. The van der Waals surface area contributed by atoms with Crippen molar-refractivity contribution in [2.75, 3.05) is 6.61 Å². The first-order valence-electron chi connectivity index (χ1n) is 28.3. The van der Waals surface area contributed by atoms with Gasteiger partial charge >= 0.3 is 0 Å². The van der Waals surface area contributed by atoms with Crippen molar-refractivity contribution in [3.63, 3.8) is 0 Å². The highest BCUT2D eigenvalue weighted by atomic mass is 16.3. The Morgan fingerprint density at radius 3 is 1.02 bits per heavy atom. The van der Waals surface area contributed by atoms with Gasteiger partial charge in [0.2, 0.25) is 5.91 Å². The quantitative estimate of drug-likeness (QED) is 0.0362. The Balaban J connectivity index is 3.59. The molecule has 0 fully saturated rings. The van der Waals surface area contributed by atoms with Crippen LogP contribution in [0.4, 0.5) is 0 Å². The van der Waals surface area contributed by atoms with Crippen molar-refractivity contribution in [2.45, 2.75) is 321 Å². The van der Waals surface area contributed by atoms with Gasteiger partial charge < -0.3 is 20.6 Å². The van der Waals surface area contributed by atoms with Crippen LogP contribution in [0.15, 0.2) is 36.5 Å². The van der Waals surface area contributed by atoms with E-state index in [2.05, 4.69) is 43.5 Å². The fourth-order valence-electron chi connectivity index (χ4n) is 8.82. The van der Waals surface area contributed by atoms with E-state index >= 15 is 0 Å². The summed E-state index contributed by atoms with van der Waals surface area (Å²) in [5.41, 5.74) is 0. The molecule has 0 aliphatic rings. The van der Waals surface area contributed by atoms with Crippen LogP contribution in [0, 0.1) is 0 Å². The fraction of sp³-hybridized carbons (Fsp3) is 0.879. The van der Waals surface area contributed by atoms with Gasteiger partial charge in [0.25, 0.3) is 0 Å². The molecular formula is C58H111NO4. The maximum absolute atomic E-state index is 12.5. The summed E-state index contributed by atoms with van der Waals surface area (Å²) in [4.78, 5) is 12.5. The number of nitrogens with one attached hydrogen (secondary N) is 1. The van der Waals surface area contributed by atoms with Gasteiger partial charge in [-0.25, -0.2) is 0 Å². The van der Waals surface area contributed by atoms with Crippen LogP contribution in [0.25, 0.3) is 0 Å². The summed E-state index contributed by atoms with van der Waals surface area (Å²) in [5, 5.41) is 33.4. The van der Waals surface area contributed by atoms with Crippen molar-refractivity contribution in [3.05, 3.63) is 36.5 Å². The molecule has 3 atom stereocenters. The zero-order valence-corrected chi connectivity index (χ0v) is 42.5. The average molecular weight is 887 g/mol. The topological polar surface area (TPSA) is 89.8 Å². The van der Waals surface area contributed by atoms with Crippen LogP contribution in [0.5, 0.6) is 0 Å². The van der Waals surface area contributed by atoms with E-state index in [1.54, 1.807) is 6.08 Å². The van der Waals surface area contributed by atoms with Crippen molar-refractivity contribution in [1.29, 1.82) is 0 Å². The van der Waals surface area contributed by atoms with Crippen molar-refractivity contribution >= 4 is 5.91 Å². The second-order valence-corrected chi connectivity index (χ2v) is 19.5. The third kappa shape index (κ3) is 49.8. The van der Waals surface area contributed by atoms with Crippen molar-refractivity contribution in [3.8, 4) is 0 Å². The molecule has 0 rings (SSSR count). The minimum absolute atomic E-state index is 0.00679. The molecule has 0 aromatic carbocycles. The molecular weight excluding hydrogens is 775 g/mol. The van der Waals surface area contributed by atoms with E-state index in [-0.39, 0.29) is 18.9 Å². The molecule has 5 heteroatoms. The molecule has 0 aliphatic heterocycles. The molecule has 0 aliphatic carbocycles. The summed E-state index contributed by atoms with van der Waals surface area (Å²) in [6.07, 6.45) is 69.1. The van der Waals surface area contributed by atoms with Gasteiger partial charge in [0, 0.05) is 0 Å². The molecule has 0 saturated carbocycles. The zero-order chi connectivity index (χ0) is 45.8. The van der Waals surface area contributed by atoms with Crippen LogP contribution in [-0.2, 0) is 4.79 Å². The fourth-order valence-corrected chi connectivity index (χ4v) is 8.82. The molecule has 0 aromatic heterocycles. The molecule has 0 saturated heterocycles. The average Bonchev–Trinajstić information content (AvgIpc) is 3.28. The summed E-state index contributed by atoms with van der Waals surface area (Å²) in [5.74, 6) is -0.322. The van der Waals surface area contributed by atoms with E-state index in [1.807, 2.05) is 6.08 Å². The molecule has 3 unspecified atom stereocenters. The maximum Gasteiger partial charge on any atom is 0.222 e. The van der Waals surface area contributed by atoms with Crippen LogP contribution in [-0.4, -0.2) is 46.1 Å². The van der Waals surface area contributed by atoms with Gasteiger partial charge in [-0.15, -0.1) is 0 Å². The lowest BCUT2D eigenvalue weighted by Crippen LogP contribution is -2.45. The summed E-state index contributed by atoms with van der Waals surface area (Å²) in [6, 6.07) is -0.762. The zero-order valence-electron chi connectivity index (χ0n) is 42.5. The van der Waals surface area contributed by atoms with Crippen LogP contribution < -0.4 is 5.32 Å². The normalized spacial score (nSPS) is 13.5. The number of aliphatic hydroxyl groups is 3. The van der Waals surface area contributed by atoms with Gasteiger partial charge in [0.15, 0.2) is 0 Å². The number of hydrogen-bond acceptors (Lipinski definition) is 4. The van der Waals surface area contributed by atoms with Crippen LogP contribution >= 0.6 is 0 Å². The van der Waals surface area contributed by atoms with Crippen LogP contribution in [0.2, 0.25) is 0 Å². The first-order chi connectivity index (χ1) is 31.0. The van der Waals surface area contributed by atoms with E-state index in [0.29, 0.717) is 6.42 Å². The SMILES string of the molecule is CCCCCCCCCCCCCC/C=C\CCCCCCCCCCCCCC(O)CC(=O)NC(CO)C(O)/C=C/CC/C=C/CCCCCCCCCCCCCCCCC. The highest BCUT2D eigenvalue weighted by molar-refractivity contribution is 5.76. The monoisotopic (exact) mass is 886 g/mol. The smallest absolute Gasteiger partial charge is 0.222 e. The second-order valence-electron chi connectivity index (χ2n) is 19.5. The molecule has 0 spiro atoms. The third-order valence-corrected chi connectivity index (χ3v) is 13.1. The molecule has 1 amide bonds.